The molecule has 0 saturated carbocycles. The maximum atomic E-state index is 11.3. The van der Waals surface area contributed by atoms with Crippen LogP contribution in [0.15, 0.2) is 0 Å². The molecule has 0 aliphatic rings. The first-order valence-corrected chi connectivity index (χ1v) is 7.11. The van der Waals surface area contributed by atoms with Crippen molar-refractivity contribution in [3.63, 3.8) is 0 Å². The fourth-order valence-electron chi connectivity index (χ4n) is 1.79. The van der Waals surface area contributed by atoms with Gasteiger partial charge in [0.2, 0.25) is 5.91 Å². The van der Waals surface area contributed by atoms with E-state index in [-0.39, 0.29) is 24.6 Å². The molecule has 0 aromatic rings. The van der Waals surface area contributed by atoms with Crippen LogP contribution in [0.2, 0.25) is 0 Å². The average Bonchev–Trinajstić information content (AvgIpc) is 2.24. The van der Waals surface area contributed by atoms with E-state index < -0.39 is 6.10 Å². The van der Waals surface area contributed by atoms with Gasteiger partial charge in [0.15, 0.2) is 0 Å². The lowest BCUT2D eigenvalue weighted by atomic mass is 10.1. The first kappa shape index (κ1) is 18.4. The van der Waals surface area contributed by atoms with Gasteiger partial charge in [0.05, 0.1) is 25.4 Å². The van der Waals surface area contributed by atoms with E-state index in [9.17, 15) is 9.90 Å². The molecule has 114 valence electrons. The first-order valence-electron chi connectivity index (χ1n) is 7.11. The molecule has 2 atom stereocenters. The van der Waals surface area contributed by atoms with Crippen LogP contribution in [0.1, 0.15) is 41.0 Å². The van der Waals surface area contributed by atoms with Crippen molar-refractivity contribution in [3.05, 3.63) is 0 Å². The monoisotopic (exact) mass is 274 g/mol. The summed E-state index contributed by atoms with van der Waals surface area (Å²) in [5.41, 5.74) is 0. The van der Waals surface area contributed by atoms with E-state index in [1.807, 2.05) is 20.8 Å². The number of carbonyl (C=O) groups is 1. The van der Waals surface area contributed by atoms with E-state index in [0.29, 0.717) is 19.1 Å². The Hall–Kier alpha value is -0.650. The van der Waals surface area contributed by atoms with E-state index in [0.717, 1.165) is 6.42 Å². The lowest BCUT2D eigenvalue weighted by Crippen LogP contribution is -2.41. The number of aliphatic hydroxyl groups is 1. The Morgan fingerprint density at radius 1 is 1.21 bits per heavy atom. The van der Waals surface area contributed by atoms with Crippen molar-refractivity contribution < 1.29 is 14.6 Å². The van der Waals surface area contributed by atoms with Crippen molar-refractivity contribution in [2.24, 2.45) is 5.92 Å². The molecule has 0 aromatic carbocycles. The quantitative estimate of drug-likeness (QED) is 0.554. The largest absolute Gasteiger partial charge is 0.389 e. The molecule has 0 rings (SSSR count). The fraction of sp³-hybridized carbons (Fsp3) is 0.929. The summed E-state index contributed by atoms with van der Waals surface area (Å²) in [6.07, 6.45) is 0.553. The summed E-state index contributed by atoms with van der Waals surface area (Å²) in [6.45, 7) is 11.0. The zero-order valence-corrected chi connectivity index (χ0v) is 12.9. The van der Waals surface area contributed by atoms with Crippen LogP contribution in [0, 0.1) is 5.92 Å². The molecule has 2 unspecified atom stereocenters. The summed E-state index contributed by atoms with van der Waals surface area (Å²) in [6, 6.07) is 0.138. The summed E-state index contributed by atoms with van der Waals surface area (Å²) in [4.78, 5) is 11.3. The molecule has 0 radical (unpaired) electrons. The smallest absolute Gasteiger partial charge is 0.234 e. The van der Waals surface area contributed by atoms with E-state index >= 15 is 0 Å². The predicted octanol–water partition coefficient (Wildman–Crippen LogP) is 0.913. The van der Waals surface area contributed by atoms with Crippen molar-refractivity contribution >= 4 is 5.91 Å². The summed E-state index contributed by atoms with van der Waals surface area (Å²) < 4.78 is 5.55. The molecule has 0 aliphatic carbocycles. The lowest BCUT2D eigenvalue weighted by Gasteiger charge is -2.18. The van der Waals surface area contributed by atoms with E-state index in [2.05, 4.69) is 24.5 Å². The number of hydrogen-bond acceptors (Lipinski definition) is 4. The Balaban J connectivity index is 3.59. The van der Waals surface area contributed by atoms with Gasteiger partial charge in [-0.25, -0.2) is 0 Å². The summed E-state index contributed by atoms with van der Waals surface area (Å²) in [5.74, 6) is 0.529. The maximum Gasteiger partial charge on any atom is 0.234 e. The van der Waals surface area contributed by atoms with Crippen molar-refractivity contribution in [3.8, 4) is 0 Å². The Morgan fingerprint density at radius 2 is 1.84 bits per heavy atom. The molecule has 3 N–H and O–H groups in total. The average molecular weight is 274 g/mol. The van der Waals surface area contributed by atoms with Gasteiger partial charge in [0.25, 0.3) is 0 Å². The third-order valence-electron chi connectivity index (χ3n) is 2.49. The molecule has 0 aliphatic heterocycles. The zero-order chi connectivity index (χ0) is 14.8. The number of hydrogen-bond donors (Lipinski definition) is 3. The molecule has 5 nitrogen and oxygen atoms in total. The fourth-order valence-corrected chi connectivity index (χ4v) is 1.79. The van der Waals surface area contributed by atoms with Gasteiger partial charge in [0.1, 0.15) is 0 Å². The molecular formula is C14H30N2O3. The Bertz CT molecular complexity index is 245. The van der Waals surface area contributed by atoms with Crippen LogP contribution in [0.25, 0.3) is 0 Å². The normalized spacial score (nSPS) is 14.7. The highest BCUT2D eigenvalue weighted by Gasteiger charge is 2.10. The van der Waals surface area contributed by atoms with E-state index in [1.165, 1.54) is 0 Å². The van der Waals surface area contributed by atoms with Crippen LogP contribution in [-0.4, -0.2) is 49.0 Å². The van der Waals surface area contributed by atoms with Gasteiger partial charge in [0, 0.05) is 12.6 Å². The lowest BCUT2D eigenvalue weighted by molar-refractivity contribution is -0.120. The SMILES string of the molecule is CC(C)CC(C)OCC(O)CNCC(=O)NC(C)C. The second kappa shape index (κ2) is 10.2. The number of amides is 1. The minimum Gasteiger partial charge on any atom is -0.389 e. The minimum absolute atomic E-state index is 0.0590. The molecular weight excluding hydrogens is 244 g/mol. The molecule has 0 saturated heterocycles. The van der Waals surface area contributed by atoms with Gasteiger partial charge in [-0.3, -0.25) is 4.79 Å². The Kier molecular flexibility index (Phi) is 9.83. The summed E-state index contributed by atoms with van der Waals surface area (Å²) in [5, 5.41) is 15.4. The van der Waals surface area contributed by atoms with Crippen molar-refractivity contribution in [2.75, 3.05) is 19.7 Å². The first-order chi connectivity index (χ1) is 8.81. The number of rotatable bonds is 10. The molecule has 1 amide bonds. The number of aliphatic hydroxyl groups excluding tert-OH is 1. The van der Waals surface area contributed by atoms with Crippen LogP contribution < -0.4 is 10.6 Å². The Morgan fingerprint density at radius 3 is 2.37 bits per heavy atom. The van der Waals surface area contributed by atoms with Gasteiger partial charge in [-0.1, -0.05) is 13.8 Å². The van der Waals surface area contributed by atoms with Crippen molar-refractivity contribution in [1.82, 2.24) is 10.6 Å². The highest BCUT2D eigenvalue weighted by Crippen LogP contribution is 2.07. The predicted molar refractivity (Wildman–Crippen MR) is 77.0 cm³/mol. The topological polar surface area (TPSA) is 70.6 Å². The number of carbonyl (C=O) groups excluding carboxylic acids is 1. The molecule has 5 heteroatoms. The maximum absolute atomic E-state index is 11.3. The van der Waals surface area contributed by atoms with Crippen molar-refractivity contribution in [1.29, 1.82) is 0 Å². The van der Waals surface area contributed by atoms with Crippen molar-refractivity contribution in [2.45, 2.75) is 59.3 Å². The molecule has 0 fully saturated rings. The minimum atomic E-state index is -0.582. The highest BCUT2D eigenvalue weighted by atomic mass is 16.5. The van der Waals surface area contributed by atoms with E-state index in [4.69, 9.17) is 4.74 Å². The third-order valence-corrected chi connectivity index (χ3v) is 2.49. The highest BCUT2D eigenvalue weighted by molar-refractivity contribution is 5.78. The Labute approximate surface area is 117 Å². The standard InChI is InChI=1S/C14H30N2O3/c1-10(2)6-12(5)19-9-13(17)7-15-8-14(18)16-11(3)4/h10-13,15,17H,6-9H2,1-5H3,(H,16,18). The molecule has 0 bridgehead atoms. The van der Waals surface area contributed by atoms with E-state index in [1.54, 1.807) is 0 Å². The summed E-state index contributed by atoms with van der Waals surface area (Å²) in [7, 11) is 0. The molecule has 0 aromatic heterocycles. The second-order valence-electron chi connectivity index (χ2n) is 5.78. The van der Waals surface area contributed by atoms with Gasteiger partial charge in [-0.05, 0) is 33.1 Å². The zero-order valence-electron chi connectivity index (χ0n) is 12.9. The van der Waals surface area contributed by atoms with Crippen LogP contribution in [0.4, 0.5) is 0 Å². The molecule has 0 heterocycles. The third kappa shape index (κ3) is 12.1. The van der Waals surface area contributed by atoms with Gasteiger partial charge < -0.3 is 20.5 Å². The van der Waals surface area contributed by atoms with Crippen LogP contribution in [-0.2, 0) is 9.53 Å². The van der Waals surface area contributed by atoms with Gasteiger partial charge in [-0.2, -0.15) is 0 Å². The van der Waals surface area contributed by atoms with Crippen LogP contribution in [0.5, 0.6) is 0 Å². The molecule has 19 heavy (non-hydrogen) atoms. The van der Waals surface area contributed by atoms with Gasteiger partial charge in [-0.15, -0.1) is 0 Å². The number of nitrogens with one attached hydrogen (secondary N) is 2. The van der Waals surface area contributed by atoms with Crippen LogP contribution in [0.3, 0.4) is 0 Å². The molecule has 0 spiro atoms. The van der Waals surface area contributed by atoms with Crippen LogP contribution >= 0.6 is 0 Å². The van der Waals surface area contributed by atoms with Gasteiger partial charge >= 0.3 is 0 Å². The second-order valence-corrected chi connectivity index (χ2v) is 5.78. The summed E-state index contributed by atoms with van der Waals surface area (Å²) >= 11 is 0. The number of ether oxygens (including phenoxy) is 1.